The van der Waals surface area contributed by atoms with Crippen molar-refractivity contribution in [3.05, 3.63) is 52.1 Å². The Morgan fingerprint density at radius 1 is 1.13 bits per heavy atom. The summed E-state index contributed by atoms with van der Waals surface area (Å²) in [6, 6.07) is 5.92. The standard InChI is InChI=1S/C29H32N8O8/c30-25-21-26(36(15-31-21)28-23(39)22(38)24(45-28)27(40)32-18-6-7-18)34-20(33-25)3-1-2-16-10-12-35(13-11-16)29(41)44-14-17-4-8-19(9-5-17)37(42)43/h4-5,8-9,15-16,18,22-24,28,38-39H,2,6-7,10-14H2,(H,32,40)(H2,30,33,34)/t22-,23+,24?,28?/m1/s1. The summed E-state index contributed by atoms with van der Waals surface area (Å²) in [7, 11) is 0. The molecule has 4 heterocycles. The molecule has 2 saturated heterocycles. The fraction of sp³-hybridized carbons (Fsp3) is 0.483. The summed E-state index contributed by atoms with van der Waals surface area (Å²) >= 11 is 0. The van der Waals surface area contributed by atoms with E-state index in [1.54, 1.807) is 17.0 Å². The number of nitro groups is 1. The molecule has 3 fully saturated rings. The second-order valence-corrected chi connectivity index (χ2v) is 11.4. The molecule has 0 bridgehead atoms. The van der Waals surface area contributed by atoms with Crippen molar-refractivity contribution in [1.29, 1.82) is 0 Å². The molecule has 2 unspecified atom stereocenters. The average Bonchev–Trinajstić information content (AvgIpc) is 3.67. The number of nitrogens with one attached hydrogen (secondary N) is 1. The van der Waals surface area contributed by atoms with Crippen molar-refractivity contribution >= 4 is 34.7 Å². The van der Waals surface area contributed by atoms with Crippen LogP contribution in [0.25, 0.3) is 11.2 Å². The molecule has 2 aliphatic heterocycles. The number of nitrogens with two attached hydrogens (primary N) is 1. The largest absolute Gasteiger partial charge is 0.445 e. The van der Waals surface area contributed by atoms with Gasteiger partial charge in [0.1, 0.15) is 24.3 Å². The number of non-ortho nitro benzene ring substituents is 1. The molecule has 4 atom stereocenters. The van der Waals surface area contributed by atoms with E-state index in [0.717, 1.165) is 25.7 Å². The number of aliphatic hydroxyl groups is 2. The molecule has 2 amide bonds. The first kappa shape index (κ1) is 30.2. The van der Waals surface area contributed by atoms with E-state index in [2.05, 4.69) is 32.1 Å². The van der Waals surface area contributed by atoms with E-state index in [1.165, 1.54) is 23.0 Å². The zero-order valence-electron chi connectivity index (χ0n) is 24.1. The Hall–Kier alpha value is -4.85. The minimum Gasteiger partial charge on any atom is -0.445 e. The Labute approximate surface area is 256 Å². The molecule has 1 aromatic carbocycles. The molecular weight excluding hydrogens is 588 g/mol. The third-order valence-corrected chi connectivity index (χ3v) is 8.12. The second kappa shape index (κ2) is 12.6. The van der Waals surface area contributed by atoms with Crippen LogP contribution in [0, 0.1) is 27.9 Å². The van der Waals surface area contributed by atoms with E-state index >= 15 is 0 Å². The van der Waals surface area contributed by atoms with Gasteiger partial charge in [0.05, 0.1) is 11.3 Å². The smallest absolute Gasteiger partial charge is 0.410 e. The Balaban J connectivity index is 1.03. The normalized spacial score (nSPS) is 23.4. The van der Waals surface area contributed by atoms with Crippen molar-refractivity contribution in [1.82, 2.24) is 29.7 Å². The van der Waals surface area contributed by atoms with Crippen LogP contribution in [-0.4, -0.2) is 89.0 Å². The van der Waals surface area contributed by atoms with Gasteiger partial charge < -0.3 is 35.6 Å². The third-order valence-electron chi connectivity index (χ3n) is 8.12. The highest BCUT2D eigenvalue weighted by Gasteiger charge is 2.48. The fourth-order valence-corrected chi connectivity index (χ4v) is 5.34. The summed E-state index contributed by atoms with van der Waals surface area (Å²) < 4.78 is 12.5. The van der Waals surface area contributed by atoms with Crippen molar-refractivity contribution in [3.8, 4) is 11.8 Å². The number of aliphatic hydroxyl groups excluding tert-OH is 2. The maximum absolute atomic E-state index is 12.5. The third kappa shape index (κ3) is 6.65. The number of amides is 2. The molecule has 3 aromatic rings. The zero-order chi connectivity index (χ0) is 31.7. The van der Waals surface area contributed by atoms with Crippen LogP contribution >= 0.6 is 0 Å². The van der Waals surface area contributed by atoms with Gasteiger partial charge in [-0.3, -0.25) is 19.5 Å². The molecular formula is C29H32N8O8. The lowest BCUT2D eigenvalue weighted by Crippen LogP contribution is -2.43. The lowest BCUT2D eigenvalue weighted by atomic mass is 9.94. The predicted octanol–water partition coefficient (Wildman–Crippen LogP) is 1.00. The highest BCUT2D eigenvalue weighted by Crippen LogP contribution is 2.33. The predicted molar refractivity (Wildman–Crippen MR) is 156 cm³/mol. The number of imidazole rings is 1. The first-order valence-corrected chi connectivity index (χ1v) is 14.6. The van der Waals surface area contributed by atoms with Gasteiger partial charge in [0.2, 0.25) is 5.82 Å². The zero-order valence-corrected chi connectivity index (χ0v) is 24.1. The van der Waals surface area contributed by atoms with Gasteiger partial charge in [-0.15, -0.1) is 0 Å². The van der Waals surface area contributed by atoms with Crippen molar-refractivity contribution in [3.63, 3.8) is 0 Å². The Bertz CT molecular complexity index is 1660. The van der Waals surface area contributed by atoms with Gasteiger partial charge in [0.25, 0.3) is 11.6 Å². The Morgan fingerprint density at radius 2 is 1.87 bits per heavy atom. The maximum Gasteiger partial charge on any atom is 0.410 e. The minimum atomic E-state index is -1.44. The van der Waals surface area contributed by atoms with Crippen molar-refractivity contribution in [2.24, 2.45) is 5.92 Å². The van der Waals surface area contributed by atoms with Crippen LogP contribution in [0.3, 0.4) is 0 Å². The summed E-state index contributed by atoms with van der Waals surface area (Å²) in [5, 5.41) is 34.7. The molecule has 3 aliphatic rings. The van der Waals surface area contributed by atoms with Crippen LogP contribution in [0.2, 0.25) is 0 Å². The molecule has 2 aromatic heterocycles. The van der Waals surface area contributed by atoms with Crippen molar-refractivity contribution in [2.75, 3.05) is 18.8 Å². The molecule has 0 radical (unpaired) electrons. The van der Waals surface area contributed by atoms with Crippen LogP contribution in [0.15, 0.2) is 30.6 Å². The monoisotopic (exact) mass is 620 g/mol. The number of benzene rings is 1. The molecule has 6 rings (SSSR count). The van der Waals surface area contributed by atoms with Crippen LogP contribution in [0.4, 0.5) is 16.3 Å². The number of rotatable bonds is 7. The molecule has 45 heavy (non-hydrogen) atoms. The van der Waals surface area contributed by atoms with E-state index in [9.17, 15) is 29.9 Å². The number of hydrogen-bond acceptors (Lipinski definition) is 12. The maximum atomic E-state index is 12.5. The van der Waals surface area contributed by atoms with Gasteiger partial charge in [-0.2, -0.15) is 0 Å². The van der Waals surface area contributed by atoms with Crippen LogP contribution in [-0.2, 0) is 20.9 Å². The number of piperidine rings is 1. The van der Waals surface area contributed by atoms with Crippen molar-refractivity contribution < 1.29 is 34.2 Å². The van der Waals surface area contributed by atoms with Gasteiger partial charge in [-0.25, -0.2) is 19.7 Å². The van der Waals surface area contributed by atoms with E-state index in [1.807, 2.05) is 0 Å². The van der Waals surface area contributed by atoms with Gasteiger partial charge in [-0.05, 0) is 55.2 Å². The van der Waals surface area contributed by atoms with Gasteiger partial charge in [0, 0.05) is 37.7 Å². The fourth-order valence-electron chi connectivity index (χ4n) is 5.34. The molecule has 1 aliphatic carbocycles. The summed E-state index contributed by atoms with van der Waals surface area (Å²) in [4.78, 5) is 49.9. The first-order chi connectivity index (χ1) is 21.7. The number of nitrogen functional groups attached to an aromatic ring is 1. The Morgan fingerprint density at radius 3 is 2.56 bits per heavy atom. The van der Waals surface area contributed by atoms with Crippen LogP contribution in [0.5, 0.6) is 0 Å². The number of carbonyl (C=O) groups is 2. The van der Waals surface area contributed by atoms with Gasteiger partial charge >= 0.3 is 6.09 Å². The van der Waals surface area contributed by atoms with Gasteiger partial charge in [-0.1, -0.05) is 5.92 Å². The van der Waals surface area contributed by atoms with Crippen molar-refractivity contribution in [2.45, 2.75) is 69.3 Å². The number of hydrogen-bond donors (Lipinski definition) is 4. The lowest BCUT2D eigenvalue weighted by molar-refractivity contribution is -0.384. The first-order valence-electron chi connectivity index (χ1n) is 14.6. The molecule has 5 N–H and O–H groups in total. The van der Waals surface area contributed by atoms with E-state index in [0.29, 0.717) is 25.1 Å². The summed E-state index contributed by atoms with van der Waals surface area (Å²) in [5.74, 6) is 6.01. The molecule has 16 heteroatoms. The lowest BCUT2D eigenvalue weighted by Gasteiger charge is -2.30. The van der Waals surface area contributed by atoms with E-state index < -0.39 is 41.5 Å². The number of aromatic nitrogens is 4. The van der Waals surface area contributed by atoms with Crippen LogP contribution in [0.1, 0.15) is 49.7 Å². The number of ether oxygens (including phenoxy) is 2. The van der Waals surface area contributed by atoms with Crippen LogP contribution < -0.4 is 11.1 Å². The average molecular weight is 621 g/mol. The number of nitrogens with zero attached hydrogens (tertiary/aromatic N) is 6. The summed E-state index contributed by atoms with van der Waals surface area (Å²) in [5.41, 5.74) is 7.26. The number of anilines is 1. The van der Waals surface area contributed by atoms with E-state index in [4.69, 9.17) is 15.2 Å². The topological polar surface area (TPSA) is 221 Å². The highest BCUT2D eigenvalue weighted by molar-refractivity contribution is 5.83. The minimum absolute atomic E-state index is 0.0252. The molecule has 1 saturated carbocycles. The molecule has 236 valence electrons. The molecule has 0 spiro atoms. The SMILES string of the molecule is Nc1nc(C#CCC2CCN(C(=O)OCc3ccc([N+](=O)[O-])cc3)CC2)nc2c1ncn2C1OC(C(=O)NC2CC2)[C@H](O)[C@@H]1O. The second-order valence-electron chi connectivity index (χ2n) is 11.4. The van der Waals surface area contributed by atoms with Gasteiger partial charge in [0.15, 0.2) is 23.8 Å². The highest BCUT2D eigenvalue weighted by atomic mass is 16.6. The quantitative estimate of drug-likeness (QED) is 0.165. The Kier molecular flexibility index (Phi) is 8.48. The van der Waals surface area contributed by atoms with E-state index in [-0.39, 0.29) is 47.1 Å². The number of nitro benzene ring substituents is 1. The number of carbonyl (C=O) groups excluding carboxylic acids is 2. The summed E-state index contributed by atoms with van der Waals surface area (Å²) in [6.07, 6.45) is -0.559. The number of fused-ring (bicyclic) bond motifs is 1. The molecule has 16 nitrogen and oxygen atoms in total. The number of likely N-dealkylation sites (tertiary alicyclic amines) is 1. The summed E-state index contributed by atoms with van der Waals surface area (Å²) in [6.45, 7) is 1.04.